The van der Waals surface area contributed by atoms with Crippen LogP contribution in [0.4, 0.5) is 11.4 Å². The van der Waals surface area contributed by atoms with Gasteiger partial charge in [-0.15, -0.1) is 0 Å². The predicted molar refractivity (Wildman–Crippen MR) is 130 cm³/mol. The minimum Gasteiger partial charge on any atom is -0.379 e. The third kappa shape index (κ3) is 3.22. The second-order valence-electron chi connectivity index (χ2n) is 9.03. The first-order valence-electron chi connectivity index (χ1n) is 11.7. The largest absolute Gasteiger partial charge is 0.379 e. The number of nitro benzene ring substituents is 1. The van der Waals surface area contributed by atoms with Crippen LogP contribution in [0.25, 0.3) is 0 Å². The van der Waals surface area contributed by atoms with Crippen molar-refractivity contribution in [1.29, 1.82) is 0 Å². The second-order valence-corrected chi connectivity index (χ2v) is 9.39. The molecule has 3 heterocycles. The molecule has 10 heteroatoms. The van der Waals surface area contributed by atoms with Gasteiger partial charge in [0.15, 0.2) is 11.0 Å². The van der Waals surface area contributed by atoms with E-state index in [9.17, 15) is 10.1 Å². The van der Waals surface area contributed by atoms with Crippen molar-refractivity contribution in [1.82, 2.24) is 9.91 Å². The molecule has 4 aliphatic rings. The van der Waals surface area contributed by atoms with E-state index in [-0.39, 0.29) is 16.7 Å². The van der Waals surface area contributed by atoms with Crippen molar-refractivity contribution in [2.24, 2.45) is 10.2 Å². The van der Waals surface area contributed by atoms with Gasteiger partial charge in [0.25, 0.3) is 5.69 Å². The summed E-state index contributed by atoms with van der Waals surface area (Å²) >= 11 is 6.73. The number of halogens is 1. The number of nitro groups is 1. The lowest BCUT2D eigenvalue weighted by molar-refractivity contribution is -0.384. The molecule has 9 nitrogen and oxygen atoms in total. The number of anilines is 1. The van der Waals surface area contributed by atoms with Crippen molar-refractivity contribution in [2.75, 3.05) is 31.3 Å². The van der Waals surface area contributed by atoms with Crippen LogP contribution in [0.15, 0.2) is 58.7 Å². The highest BCUT2D eigenvalue weighted by Gasteiger charge is 2.58. The van der Waals surface area contributed by atoms with E-state index in [1.165, 1.54) is 0 Å². The van der Waals surface area contributed by atoms with Crippen molar-refractivity contribution < 1.29 is 9.66 Å². The number of hydrogen-bond acceptors (Lipinski definition) is 8. The number of hydrazone groups is 2. The Labute approximate surface area is 202 Å². The Morgan fingerprint density at radius 3 is 2.50 bits per heavy atom. The molecule has 2 aromatic rings. The average molecular weight is 481 g/mol. The zero-order valence-corrected chi connectivity index (χ0v) is 19.4. The van der Waals surface area contributed by atoms with Crippen molar-refractivity contribution in [3.8, 4) is 0 Å². The predicted octanol–water partition coefficient (Wildman–Crippen LogP) is 3.96. The maximum absolute atomic E-state index is 11.2. The standard InChI is InChI=1S/C24H25ClN6O3/c25-22-19-5-1-2-6-20(19)23-27-29(17-8-10-18(11-9-17)31(32)33)21-7-3-4-12-24(21,30(23)26-22)28-13-15-34-16-14-28/h1-2,5-6,8-11,21H,3-4,7,12-16H2/t21-,24-/m0/s1. The topological polar surface area (TPSA) is 86.8 Å². The molecule has 0 N–H and O–H groups in total. The van der Waals surface area contributed by atoms with Crippen molar-refractivity contribution in [2.45, 2.75) is 37.4 Å². The van der Waals surface area contributed by atoms with Crippen LogP contribution in [0.3, 0.4) is 0 Å². The van der Waals surface area contributed by atoms with Crippen LogP contribution in [0.5, 0.6) is 0 Å². The van der Waals surface area contributed by atoms with Gasteiger partial charge in [-0.05, 0) is 31.4 Å². The van der Waals surface area contributed by atoms with Crippen LogP contribution in [-0.2, 0) is 4.74 Å². The highest BCUT2D eigenvalue weighted by molar-refractivity contribution is 6.70. The van der Waals surface area contributed by atoms with E-state index in [2.05, 4.69) is 14.9 Å². The fourth-order valence-corrected chi connectivity index (χ4v) is 6.04. The highest BCUT2D eigenvalue weighted by Crippen LogP contribution is 2.47. The van der Waals surface area contributed by atoms with Crippen LogP contribution < -0.4 is 5.01 Å². The van der Waals surface area contributed by atoms with Crippen molar-refractivity contribution >= 4 is 34.0 Å². The first-order chi connectivity index (χ1) is 16.6. The van der Waals surface area contributed by atoms with Gasteiger partial charge in [-0.3, -0.25) is 20.0 Å². The zero-order chi connectivity index (χ0) is 23.3. The molecule has 0 unspecified atom stereocenters. The molecule has 34 heavy (non-hydrogen) atoms. The lowest BCUT2D eigenvalue weighted by Crippen LogP contribution is -2.75. The van der Waals surface area contributed by atoms with Gasteiger partial charge < -0.3 is 4.74 Å². The summed E-state index contributed by atoms with van der Waals surface area (Å²) in [6.45, 7) is 2.92. The Kier molecular flexibility index (Phi) is 5.28. The van der Waals surface area contributed by atoms with E-state index in [4.69, 9.17) is 26.5 Å². The first-order valence-corrected chi connectivity index (χ1v) is 12.1. The molecule has 0 bridgehead atoms. The van der Waals surface area contributed by atoms with Gasteiger partial charge in [0.05, 0.1) is 29.9 Å². The van der Waals surface area contributed by atoms with Crippen molar-refractivity contribution in [3.63, 3.8) is 0 Å². The molecular formula is C24H25ClN6O3. The van der Waals surface area contributed by atoms with Crippen molar-refractivity contribution in [3.05, 3.63) is 69.8 Å². The van der Waals surface area contributed by atoms with Gasteiger partial charge in [-0.1, -0.05) is 42.3 Å². The minimum absolute atomic E-state index is 0.00281. The summed E-state index contributed by atoms with van der Waals surface area (Å²) in [5.74, 6) is 0.753. The van der Waals surface area contributed by atoms with Gasteiger partial charge in [0, 0.05) is 36.3 Å². The number of nitrogens with zero attached hydrogens (tertiary/aromatic N) is 6. The number of benzene rings is 2. The third-order valence-corrected chi connectivity index (χ3v) is 7.61. The molecule has 6 rings (SSSR count). The Morgan fingerprint density at radius 2 is 1.76 bits per heavy atom. The molecule has 2 fully saturated rings. The lowest BCUT2D eigenvalue weighted by Gasteiger charge is -2.60. The molecular weight excluding hydrogens is 456 g/mol. The lowest BCUT2D eigenvalue weighted by atomic mass is 9.79. The maximum Gasteiger partial charge on any atom is 0.269 e. The summed E-state index contributed by atoms with van der Waals surface area (Å²) < 4.78 is 5.70. The van der Waals surface area contributed by atoms with Gasteiger partial charge in [-0.2, -0.15) is 10.2 Å². The Bertz CT molecular complexity index is 1180. The smallest absolute Gasteiger partial charge is 0.269 e. The normalized spacial score (nSPS) is 26.7. The SMILES string of the molecule is O=[N+]([O-])c1ccc(N2N=C3c4ccccc4C(Cl)=NN3[C@@]3(N4CCOCC4)CCCC[C@H]23)cc1. The van der Waals surface area contributed by atoms with E-state index in [0.717, 1.165) is 61.4 Å². The summed E-state index contributed by atoms with van der Waals surface area (Å²) in [4.78, 5) is 13.3. The number of fused-ring (bicyclic) bond motifs is 5. The molecule has 1 saturated carbocycles. The molecule has 1 aliphatic carbocycles. The number of ether oxygens (including phenoxy) is 1. The number of non-ortho nitro benzene ring substituents is 1. The van der Waals surface area contributed by atoms with E-state index in [1.54, 1.807) is 24.3 Å². The van der Waals surface area contributed by atoms with Gasteiger partial charge in [-0.25, -0.2) is 5.01 Å². The molecule has 1 saturated heterocycles. The Balaban J connectivity index is 1.56. The first kappa shape index (κ1) is 21.5. The number of rotatable bonds is 3. The number of hydrogen-bond donors (Lipinski definition) is 0. The highest BCUT2D eigenvalue weighted by atomic mass is 35.5. The average Bonchev–Trinajstić information content (AvgIpc) is 2.89. The van der Waals surface area contributed by atoms with Crippen LogP contribution in [0.1, 0.15) is 36.8 Å². The molecule has 0 aromatic heterocycles. The number of amidine groups is 1. The van der Waals surface area contributed by atoms with E-state index in [0.29, 0.717) is 18.4 Å². The summed E-state index contributed by atoms with van der Waals surface area (Å²) in [7, 11) is 0. The quantitative estimate of drug-likeness (QED) is 0.488. The second kappa shape index (κ2) is 8.33. The molecule has 2 atom stereocenters. The van der Waals surface area contributed by atoms with E-state index < -0.39 is 5.66 Å². The molecule has 0 radical (unpaired) electrons. The minimum atomic E-state index is -0.450. The summed E-state index contributed by atoms with van der Waals surface area (Å²) in [6, 6.07) is 14.6. The van der Waals surface area contributed by atoms with Gasteiger partial charge in [0.1, 0.15) is 5.66 Å². The zero-order valence-electron chi connectivity index (χ0n) is 18.6. The Hall–Kier alpha value is -3.01. The van der Waals surface area contributed by atoms with Gasteiger partial charge in [0.2, 0.25) is 0 Å². The fraction of sp³-hybridized carbons (Fsp3) is 0.417. The summed E-state index contributed by atoms with van der Waals surface area (Å²) in [5, 5.41) is 25.9. The molecule has 3 aliphatic heterocycles. The monoisotopic (exact) mass is 480 g/mol. The fourth-order valence-electron chi connectivity index (χ4n) is 5.80. The van der Waals surface area contributed by atoms with E-state index >= 15 is 0 Å². The van der Waals surface area contributed by atoms with Crippen LogP contribution in [-0.4, -0.2) is 63.8 Å². The number of morpholine rings is 1. The molecule has 0 amide bonds. The summed E-state index contributed by atoms with van der Waals surface area (Å²) in [6.07, 6.45) is 3.99. The molecule has 176 valence electrons. The molecule has 2 aromatic carbocycles. The van der Waals surface area contributed by atoms with Crippen LogP contribution in [0.2, 0.25) is 0 Å². The van der Waals surface area contributed by atoms with Gasteiger partial charge >= 0.3 is 0 Å². The molecule has 0 spiro atoms. The maximum atomic E-state index is 11.2. The van der Waals surface area contributed by atoms with Crippen LogP contribution >= 0.6 is 11.6 Å². The van der Waals surface area contributed by atoms with Crippen LogP contribution in [0, 0.1) is 10.1 Å². The third-order valence-electron chi connectivity index (χ3n) is 7.33. The summed E-state index contributed by atoms with van der Waals surface area (Å²) in [5.41, 5.74) is 2.24. The van der Waals surface area contributed by atoms with E-state index in [1.807, 2.05) is 24.3 Å². The Morgan fingerprint density at radius 1 is 1.03 bits per heavy atom.